The number of hydrogen-bond acceptors (Lipinski definition) is 5. The molecule has 0 saturated carbocycles. The maximum Gasteiger partial charge on any atom is 0.354 e. The van der Waals surface area contributed by atoms with Crippen molar-refractivity contribution < 1.29 is 24.2 Å². The fraction of sp³-hybridized carbons (Fsp3) is 0.545. The normalized spacial score (nSPS) is 10.4. The minimum atomic E-state index is -1.22. The summed E-state index contributed by atoms with van der Waals surface area (Å²) in [7, 11) is 1.59. The minimum absolute atomic E-state index is 0.118. The molecule has 8 heteroatoms. The maximum absolute atomic E-state index is 11.6. The molecule has 0 radical (unpaired) electrons. The lowest BCUT2D eigenvalue weighted by molar-refractivity contribution is 0.0676. The Kier molecular flexibility index (Phi) is 6.55. The highest BCUT2D eigenvalue weighted by atomic mass is 16.5. The molecule has 0 bridgehead atoms. The van der Waals surface area contributed by atoms with Crippen LogP contribution in [0.4, 0.5) is 0 Å². The third-order valence-corrected chi connectivity index (χ3v) is 2.25. The zero-order valence-corrected chi connectivity index (χ0v) is 10.6. The number of amides is 1. The lowest BCUT2D eigenvalue weighted by atomic mass is 10.3. The van der Waals surface area contributed by atoms with Gasteiger partial charge in [-0.3, -0.25) is 4.79 Å². The average molecular weight is 271 g/mol. The summed E-state index contributed by atoms with van der Waals surface area (Å²) in [5.74, 6) is -1.74. The summed E-state index contributed by atoms with van der Waals surface area (Å²) in [5, 5.41) is 11.4. The molecule has 0 saturated heterocycles. The van der Waals surface area contributed by atoms with Gasteiger partial charge >= 0.3 is 5.97 Å². The predicted octanol–water partition coefficient (Wildman–Crippen LogP) is -0.109. The summed E-state index contributed by atoms with van der Waals surface area (Å²) < 4.78 is 10.0. The summed E-state index contributed by atoms with van der Waals surface area (Å²) in [6, 6.07) is 0. The van der Waals surface area contributed by atoms with Gasteiger partial charge in [-0.05, 0) is 6.42 Å². The van der Waals surface area contributed by atoms with Gasteiger partial charge in [0.1, 0.15) is 0 Å². The van der Waals surface area contributed by atoms with Crippen molar-refractivity contribution in [1.29, 1.82) is 0 Å². The first kappa shape index (κ1) is 15.1. The van der Waals surface area contributed by atoms with Gasteiger partial charge in [0.15, 0.2) is 11.4 Å². The van der Waals surface area contributed by atoms with Gasteiger partial charge in [-0.2, -0.15) is 0 Å². The van der Waals surface area contributed by atoms with Crippen LogP contribution in [0.25, 0.3) is 0 Å². The molecule has 1 heterocycles. The van der Waals surface area contributed by atoms with E-state index in [1.54, 1.807) is 7.11 Å². The molecule has 0 aliphatic rings. The third kappa shape index (κ3) is 5.06. The summed E-state index contributed by atoms with van der Waals surface area (Å²) in [5.41, 5.74) is -0.332. The number of methoxy groups -OCH3 is 1. The summed E-state index contributed by atoms with van der Waals surface area (Å²) in [4.78, 5) is 28.5. The van der Waals surface area contributed by atoms with Crippen LogP contribution < -0.4 is 5.32 Å². The maximum atomic E-state index is 11.6. The number of carbonyl (C=O) groups excluding carboxylic acids is 1. The molecule has 1 rings (SSSR count). The Morgan fingerprint density at radius 2 is 2.21 bits per heavy atom. The second-order valence-corrected chi connectivity index (χ2v) is 3.65. The van der Waals surface area contributed by atoms with Gasteiger partial charge in [0.2, 0.25) is 0 Å². The molecule has 0 atom stereocenters. The van der Waals surface area contributed by atoms with Crippen LogP contribution in [0.15, 0.2) is 6.33 Å². The number of rotatable bonds is 9. The van der Waals surface area contributed by atoms with Gasteiger partial charge in [0, 0.05) is 20.3 Å². The van der Waals surface area contributed by atoms with E-state index in [4.69, 9.17) is 14.6 Å². The molecular weight excluding hydrogens is 254 g/mol. The quantitative estimate of drug-likeness (QED) is 0.540. The van der Waals surface area contributed by atoms with Gasteiger partial charge in [-0.1, -0.05) is 0 Å². The topological polar surface area (TPSA) is 114 Å². The lowest BCUT2D eigenvalue weighted by Crippen LogP contribution is -2.27. The van der Waals surface area contributed by atoms with Crippen LogP contribution in [0.5, 0.6) is 0 Å². The molecule has 1 aromatic heterocycles. The molecule has 3 N–H and O–H groups in total. The molecule has 0 unspecified atom stereocenters. The van der Waals surface area contributed by atoms with Gasteiger partial charge in [-0.25, -0.2) is 9.78 Å². The Labute approximate surface area is 110 Å². The van der Waals surface area contributed by atoms with Gasteiger partial charge < -0.3 is 24.9 Å². The number of aromatic amines is 1. The van der Waals surface area contributed by atoms with Crippen molar-refractivity contribution in [1.82, 2.24) is 15.3 Å². The highest BCUT2D eigenvalue weighted by molar-refractivity contribution is 6.02. The highest BCUT2D eigenvalue weighted by Crippen LogP contribution is 2.02. The molecule has 0 aliphatic heterocycles. The van der Waals surface area contributed by atoms with Crippen LogP contribution in [0.1, 0.15) is 27.4 Å². The minimum Gasteiger partial charge on any atom is -0.477 e. The summed E-state index contributed by atoms with van der Waals surface area (Å²) >= 11 is 0. The Morgan fingerprint density at radius 3 is 2.89 bits per heavy atom. The van der Waals surface area contributed by atoms with Crippen molar-refractivity contribution in [2.24, 2.45) is 0 Å². The fourth-order valence-corrected chi connectivity index (χ4v) is 1.33. The number of carboxylic acids is 1. The van der Waals surface area contributed by atoms with E-state index >= 15 is 0 Å². The second kappa shape index (κ2) is 8.22. The first-order valence-corrected chi connectivity index (χ1v) is 5.78. The Bertz CT molecular complexity index is 418. The number of hydrogen-bond donors (Lipinski definition) is 3. The largest absolute Gasteiger partial charge is 0.477 e. The first-order chi connectivity index (χ1) is 9.16. The van der Waals surface area contributed by atoms with E-state index in [0.717, 1.165) is 0 Å². The summed E-state index contributed by atoms with van der Waals surface area (Å²) in [6.45, 7) is 1.92. The van der Waals surface area contributed by atoms with E-state index in [0.29, 0.717) is 32.8 Å². The van der Waals surface area contributed by atoms with Crippen molar-refractivity contribution in [3.05, 3.63) is 17.7 Å². The summed E-state index contributed by atoms with van der Waals surface area (Å²) in [6.07, 6.45) is 1.80. The number of aromatic carboxylic acids is 1. The molecule has 0 aliphatic carbocycles. The van der Waals surface area contributed by atoms with Crippen LogP contribution in [0, 0.1) is 0 Å². The highest BCUT2D eigenvalue weighted by Gasteiger charge is 2.18. The number of H-pyrrole nitrogens is 1. The molecule has 8 nitrogen and oxygen atoms in total. The van der Waals surface area contributed by atoms with Crippen molar-refractivity contribution in [2.75, 3.05) is 33.5 Å². The number of nitrogens with one attached hydrogen (secondary N) is 2. The molecular formula is C11H17N3O5. The van der Waals surface area contributed by atoms with Crippen LogP contribution in [0.2, 0.25) is 0 Å². The van der Waals surface area contributed by atoms with Crippen LogP contribution >= 0.6 is 0 Å². The van der Waals surface area contributed by atoms with E-state index in [1.807, 2.05) is 0 Å². The molecule has 0 spiro atoms. The number of ether oxygens (including phenoxy) is 2. The average Bonchev–Trinajstić information content (AvgIpc) is 2.87. The van der Waals surface area contributed by atoms with E-state index < -0.39 is 11.9 Å². The number of carboxylic acid groups (broad SMARTS) is 1. The van der Waals surface area contributed by atoms with Crippen LogP contribution in [0.3, 0.4) is 0 Å². The second-order valence-electron chi connectivity index (χ2n) is 3.65. The molecule has 19 heavy (non-hydrogen) atoms. The molecule has 106 valence electrons. The lowest BCUT2D eigenvalue weighted by Gasteiger charge is -2.05. The van der Waals surface area contributed by atoms with Crippen molar-refractivity contribution in [3.63, 3.8) is 0 Å². The third-order valence-electron chi connectivity index (χ3n) is 2.25. The Hall–Kier alpha value is -1.93. The van der Waals surface area contributed by atoms with Crippen molar-refractivity contribution in [2.45, 2.75) is 6.42 Å². The van der Waals surface area contributed by atoms with E-state index in [1.165, 1.54) is 6.33 Å². The van der Waals surface area contributed by atoms with E-state index in [-0.39, 0.29) is 11.4 Å². The molecule has 1 amide bonds. The van der Waals surface area contributed by atoms with Gasteiger partial charge in [-0.15, -0.1) is 0 Å². The Balaban J connectivity index is 2.24. The molecule has 0 fully saturated rings. The van der Waals surface area contributed by atoms with Gasteiger partial charge in [0.25, 0.3) is 5.91 Å². The SMILES string of the molecule is COCCOCCCNC(=O)c1nc[nH]c1C(=O)O. The van der Waals surface area contributed by atoms with Crippen molar-refractivity contribution >= 4 is 11.9 Å². The fourth-order valence-electron chi connectivity index (χ4n) is 1.33. The number of nitrogens with zero attached hydrogens (tertiary/aromatic N) is 1. The molecule has 1 aromatic rings. The first-order valence-electron chi connectivity index (χ1n) is 5.78. The predicted molar refractivity (Wildman–Crippen MR) is 65.2 cm³/mol. The zero-order chi connectivity index (χ0) is 14.1. The number of imidazole rings is 1. The van der Waals surface area contributed by atoms with Crippen LogP contribution in [-0.2, 0) is 9.47 Å². The monoisotopic (exact) mass is 271 g/mol. The van der Waals surface area contributed by atoms with Crippen LogP contribution in [-0.4, -0.2) is 60.4 Å². The van der Waals surface area contributed by atoms with E-state index in [2.05, 4.69) is 15.3 Å². The zero-order valence-electron chi connectivity index (χ0n) is 10.6. The van der Waals surface area contributed by atoms with E-state index in [9.17, 15) is 9.59 Å². The smallest absolute Gasteiger partial charge is 0.354 e. The van der Waals surface area contributed by atoms with Crippen molar-refractivity contribution in [3.8, 4) is 0 Å². The van der Waals surface area contributed by atoms with Gasteiger partial charge in [0.05, 0.1) is 19.5 Å². The Morgan fingerprint density at radius 1 is 1.42 bits per heavy atom. The number of aromatic nitrogens is 2. The number of carbonyl (C=O) groups is 2. The molecule has 0 aromatic carbocycles. The standard InChI is InChI=1S/C11H17N3O5/c1-18-5-6-19-4-2-3-12-10(15)8-9(11(16)17)14-7-13-8/h7H,2-6H2,1H3,(H,12,15)(H,13,14)(H,16,17).